The van der Waals surface area contributed by atoms with E-state index < -0.39 is 10.0 Å². The smallest absolute Gasteiger partial charge is 0.235 e. The van der Waals surface area contributed by atoms with Crippen LogP contribution in [0.15, 0.2) is 16.6 Å². The van der Waals surface area contributed by atoms with Gasteiger partial charge < -0.3 is 0 Å². The molecule has 1 fully saturated rings. The molecule has 6 heteroatoms. The summed E-state index contributed by atoms with van der Waals surface area (Å²) in [6.07, 6.45) is 0.622. The van der Waals surface area contributed by atoms with Crippen molar-refractivity contribution in [3.63, 3.8) is 0 Å². The van der Waals surface area contributed by atoms with Crippen LogP contribution in [0.1, 0.15) is 12.0 Å². The summed E-state index contributed by atoms with van der Waals surface area (Å²) in [4.78, 5) is 0. The maximum absolute atomic E-state index is 13.2. The van der Waals surface area contributed by atoms with Crippen molar-refractivity contribution in [2.45, 2.75) is 13.3 Å². The van der Waals surface area contributed by atoms with Gasteiger partial charge in [-0.25, -0.2) is 12.8 Å². The molecule has 16 heavy (non-hydrogen) atoms. The number of sulfonamides is 1. The number of hydrogen-bond donors (Lipinski definition) is 0. The van der Waals surface area contributed by atoms with Gasteiger partial charge in [0.1, 0.15) is 5.82 Å². The van der Waals surface area contributed by atoms with Crippen molar-refractivity contribution in [1.82, 2.24) is 0 Å². The van der Waals surface area contributed by atoms with Crippen LogP contribution in [0.25, 0.3) is 0 Å². The largest absolute Gasteiger partial charge is 0.270 e. The second-order valence-corrected chi connectivity index (χ2v) is 6.66. The number of aryl methyl sites for hydroxylation is 1. The van der Waals surface area contributed by atoms with Crippen LogP contribution in [0.4, 0.5) is 10.1 Å². The molecule has 3 nitrogen and oxygen atoms in total. The first-order chi connectivity index (χ1) is 7.42. The molecule has 2 rings (SSSR count). The zero-order valence-corrected chi connectivity index (χ0v) is 11.1. The minimum absolute atomic E-state index is 0.168. The summed E-state index contributed by atoms with van der Waals surface area (Å²) < 4.78 is 38.3. The lowest BCUT2D eigenvalue weighted by atomic mass is 10.2. The Hall–Kier alpha value is -0.620. The van der Waals surface area contributed by atoms with Crippen molar-refractivity contribution in [2.24, 2.45) is 0 Å². The highest BCUT2D eigenvalue weighted by Crippen LogP contribution is 2.31. The van der Waals surface area contributed by atoms with Crippen molar-refractivity contribution in [3.05, 3.63) is 28.0 Å². The second-order valence-electron chi connectivity index (χ2n) is 3.79. The Morgan fingerprint density at radius 1 is 1.44 bits per heavy atom. The molecular formula is C10H11BrFNO2S. The lowest BCUT2D eigenvalue weighted by molar-refractivity contribution is 0.598. The van der Waals surface area contributed by atoms with Gasteiger partial charge in [0.25, 0.3) is 0 Å². The van der Waals surface area contributed by atoms with Gasteiger partial charge >= 0.3 is 0 Å². The highest BCUT2D eigenvalue weighted by Gasteiger charge is 2.29. The van der Waals surface area contributed by atoms with E-state index in [0.29, 0.717) is 24.2 Å². The molecule has 1 heterocycles. The summed E-state index contributed by atoms with van der Waals surface area (Å²) in [5.74, 6) is -0.209. The fraction of sp³-hybridized carbons (Fsp3) is 0.400. The SMILES string of the molecule is Cc1cc(F)c(Br)cc1N1CCCS1(=O)=O. The second kappa shape index (κ2) is 4.00. The van der Waals surface area contributed by atoms with Gasteiger partial charge in [-0.3, -0.25) is 4.31 Å². The van der Waals surface area contributed by atoms with E-state index >= 15 is 0 Å². The highest BCUT2D eigenvalue weighted by atomic mass is 79.9. The number of nitrogens with zero attached hydrogens (tertiary/aromatic N) is 1. The molecule has 1 saturated heterocycles. The lowest BCUT2D eigenvalue weighted by Gasteiger charge is -2.19. The van der Waals surface area contributed by atoms with Crippen LogP contribution < -0.4 is 4.31 Å². The van der Waals surface area contributed by atoms with E-state index in [-0.39, 0.29) is 16.0 Å². The minimum Gasteiger partial charge on any atom is -0.270 e. The maximum atomic E-state index is 13.2. The molecule has 1 aromatic carbocycles. The first kappa shape index (κ1) is 11.9. The Morgan fingerprint density at radius 2 is 2.12 bits per heavy atom. The molecule has 0 N–H and O–H groups in total. The van der Waals surface area contributed by atoms with Crippen LogP contribution in [-0.4, -0.2) is 20.7 Å². The first-order valence-corrected chi connectivity index (χ1v) is 7.28. The molecule has 0 unspecified atom stereocenters. The molecular weight excluding hydrogens is 297 g/mol. The zero-order chi connectivity index (χ0) is 11.9. The van der Waals surface area contributed by atoms with Crippen molar-refractivity contribution < 1.29 is 12.8 Å². The Kier molecular flexibility index (Phi) is 2.96. The van der Waals surface area contributed by atoms with Crippen molar-refractivity contribution in [1.29, 1.82) is 0 Å². The quantitative estimate of drug-likeness (QED) is 0.799. The first-order valence-electron chi connectivity index (χ1n) is 4.88. The van der Waals surface area contributed by atoms with Crippen LogP contribution in [0.5, 0.6) is 0 Å². The van der Waals surface area contributed by atoms with Gasteiger partial charge in [-0.05, 0) is 47.0 Å². The molecule has 0 amide bonds. The molecule has 0 atom stereocenters. The normalized spacial score (nSPS) is 19.1. The molecule has 0 aromatic heterocycles. The standard InChI is InChI=1S/C10H11BrFNO2S/c1-7-5-9(12)8(11)6-10(7)13-3-2-4-16(13,14)15/h5-6H,2-4H2,1H3. The summed E-state index contributed by atoms with van der Waals surface area (Å²) in [6, 6.07) is 2.86. The summed E-state index contributed by atoms with van der Waals surface area (Å²) in [5.41, 5.74) is 1.19. The van der Waals surface area contributed by atoms with Gasteiger partial charge in [-0.1, -0.05) is 0 Å². The fourth-order valence-electron chi connectivity index (χ4n) is 1.81. The van der Waals surface area contributed by atoms with Gasteiger partial charge in [0.2, 0.25) is 10.0 Å². The Bertz CT molecular complexity index is 530. The molecule has 88 valence electrons. The summed E-state index contributed by atoms with van der Waals surface area (Å²) in [5, 5.41) is 0. The number of benzene rings is 1. The summed E-state index contributed by atoms with van der Waals surface area (Å²) in [6.45, 7) is 2.18. The van der Waals surface area contributed by atoms with E-state index in [2.05, 4.69) is 15.9 Å². The topological polar surface area (TPSA) is 37.4 Å². The molecule has 0 bridgehead atoms. The fourth-order valence-corrected chi connectivity index (χ4v) is 3.76. The van der Waals surface area contributed by atoms with E-state index in [9.17, 15) is 12.8 Å². The lowest BCUT2D eigenvalue weighted by Crippen LogP contribution is -2.25. The predicted octanol–water partition coefficient (Wildman–Crippen LogP) is 2.44. The third-order valence-electron chi connectivity index (χ3n) is 2.61. The molecule has 1 aromatic rings. The van der Waals surface area contributed by atoms with Crippen molar-refractivity contribution in [2.75, 3.05) is 16.6 Å². The van der Waals surface area contributed by atoms with E-state index in [4.69, 9.17) is 0 Å². The molecule has 0 spiro atoms. The average molecular weight is 308 g/mol. The summed E-state index contributed by atoms with van der Waals surface area (Å²) in [7, 11) is -3.20. The van der Waals surface area contributed by atoms with Gasteiger partial charge in [-0.2, -0.15) is 0 Å². The molecule has 0 radical (unpaired) electrons. The monoisotopic (exact) mass is 307 g/mol. The van der Waals surface area contributed by atoms with Crippen LogP contribution in [0.3, 0.4) is 0 Å². The molecule has 0 aliphatic carbocycles. The van der Waals surface area contributed by atoms with Crippen molar-refractivity contribution >= 4 is 31.6 Å². The number of hydrogen-bond acceptors (Lipinski definition) is 2. The Balaban J connectivity index is 2.53. The third-order valence-corrected chi connectivity index (χ3v) is 5.07. The van der Waals surface area contributed by atoms with Crippen LogP contribution >= 0.6 is 15.9 Å². The van der Waals surface area contributed by atoms with Crippen molar-refractivity contribution in [3.8, 4) is 0 Å². The Morgan fingerprint density at radius 3 is 2.69 bits per heavy atom. The summed E-state index contributed by atoms with van der Waals surface area (Å²) >= 11 is 3.07. The average Bonchev–Trinajstić information content (AvgIpc) is 2.52. The number of anilines is 1. The highest BCUT2D eigenvalue weighted by molar-refractivity contribution is 9.10. The number of halogens is 2. The molecule has 1 aliphatic rings. The van der Waals surface area contributed by atoms with Gasteiger partial charge in [-0.15, -0.1) is 0 Å². The Labute approximate surface area is 102 Å². The zero-order valence-electron chi connectivity index (χ0n) is 8.70. The van der Waals surface area contributed by atoms with Crippen LogP contribution in [-0.2, 0) is 10.0 Å². The van der Waals surface area contributed by atoms with E-state index in [1.807, 2.05) is 0 Å². The number of rotatable bonds is 1. The predicted molar refractivity (Wildman–Crippen MR) is 64.6 cm³/mol. The molecule has 0 saturated carbocycles. The van der Waals surface area contributed by atoms with Crippen LogP contribution in [0.2, 0.25) is 0 Å². The van der Waals surface area contributed by atoms with Gasteiger partial charge in [0.05, 0.1) is 15.9 Å². The molecule has 1 aliphatic heterocycles. The van der Waals surface area contributed by atoms with E-state index in [1.54, 1.807) is 6.92 Å². The van der Waals surface area contributed by atoms with Crippen LogP contribution in [0, 0.1) is 12.7 Å². The third kappa shape index (κ3) is 1.96. The van der Waals surface area contributed by atoms with E-state index in [1.165, 1.54) is 16.4 Å². The van der Waals surface area contributed by atoms with Gasteiger partial charge in [0.15, 0.2) is 0 Å². The minimum atomic E-state index is -3.20. The van der Waals surface area contributed by atoms with E-state index in [0.717, 1.165) is 0 Å². The van der Waals surface area contributed by atoms with Gasteiger partial charge in [0, 0.05) is 6.54 Å². The maximum Gasteiger partial charge on any atom is 0.235 e.